The van der Waals surface area contributed by atoms with E-state index in [0.717, 1.165) is 22.7 Å². The number of nitrogens with one attached hydrogen (secondary N) is 1. The molecule has 1 heterocycles. The van der Waals surface area contributed by atoms with Crippen molar-refractivity contribution in [2.45, 2.75) is 33.2 Å². The molecule has 0 aliphatic heterocycles. The fourth-order valence-corrected chi connectivity index (χ4v) is 3.06. The number of ether oxygens (including phenoxy) is 1. The average molecular weight is 363 g/mol. The standard InChI is InChI=1S/C22H25N3O2/c1-4-27-19-12-10-18(11-13-19)24-22(26)20-14-23-25(21(20)16(2)3)15-17-8-6-5-7-9-17/h5-14,16H,4,15H2,1-3H3,(H,24,26). The maximum Gasteiger partial charge on any atom is 0.259 e. The van der Waals surface area contributed by atoms with E-state index in [9.17, 15) is 4.79 Å². The molecule has 3 rings (SSSR count). The molecular weight excluding hydrogens is 338 g/mol. The Hall–Kier alpha value is -3.08. The van der Waals surface area contributed by atoms with Gasteiger partial charge in [-0.2, -0.15) is 5.10 Å². The molecule has 1 N–H and O–H groups in total. The van der Waals surface area contributed by atoms with E-state index in [1.807, 2.05) is 54.1 Å². The van der Waals surface area contributed by atoms with Crippen LogP contribution in [0.1, 0.15) is 48.3 Å². The number of hydrogen-bond acceptors (Lipinski definition) is 3. The van der Waals surface area contributed by atoms with E-state index in [-0.39, 0.29) is 11.8 Å². The van der Waals surface area contributed by atoms with Gasteiger partial charge in [0, 0.05) is 5.69 Å². The number of hydrogen-bond donors (Lipinski definition) is 1. The number of amides is 1. The van der Waals surface area contributed by atoms with E-state index in [1.54, 1.807) is 6.20 Å². The van der Waals surface area contributed by atoms with Crippen molar-refractivity contribution in [1.82, 2.24) is 9.78 Å². The molecule has 3 aromatic rings. The number of benzene rings is 2. The molecule has 0 saturated carbocycles. The van der Waals surface area contributed by atoms with E-state index in [4.69, 9.17) is 4.74 Å². The minimum atomic E-state index is -0.151. The number of anilines is 1. The molecule has 0 aliphatic carbocycles. The van der Waals surface area contributed by atoms with Crippen LogP contribution in [-0.4, -0.2) is 22.3 Å². The molecule has 1 aromatic heterocycles. The van der Waals surface area contributed by atoms with Gasteiger partial charge in [-0.15, -0.1) is 0 Å². The first kappa shape index (κ1) is 18.7. The Kier molecular flexibility index (Phi) is 5.91. The van der Waals surface area contributed by atoms with Crippen LogP contribution in [0.5, 0.6) is 5.75 Å². The summed E-state index contributed by atoms with van der Waals surface area (Å²) in [4.78, 5) is 12.8. The molecule has 1 amide bonds. The summed E-state index contributed by atoms with van der Waals surface area (Å²) >= 11 is 0. The zero-order valence-electron chi connectivity index (χ0n) is 16.0. The van der Waals surface area contributed by atoms with Crippen LogP contribution in [0.25, 0.3) is 0 Å². The Morgan fingerprint density at radius 1 is 1.11 bits per heavy atom. The summed E-state index contributed by atoms with van der Waals surface area (Å²) in [5.41, 5.74) is 3.42. The lowest BCUT2D eigenvalue weighted by atomic mass is 10.0. The second-order valence-corrected chi connectivity index (χ2v) is 6.65. The largest absolute Gasteiger partial charge is 0.494 e. The Balaban J connectivity index is 1.80. The van der Waals surface area contributed by atoms with Crippen LogP contribution in [0.4, 0.5) is 5.69 Å². The van der Waals surface area contributed by atoms with Gasteiger partial charge in [0.15, 0.2) is 0 Å². The number of carbonyl (C=O) groups is 1. The van der Waals surface area contributed by atoms with Gasteiger partial charge in [-0.1, -0.05) is 44.2 Å². The van der Waals surface area contributed by atoms with Crippen molar-refractivity contribution in [2.24, 2.45) is 0 Å². The van der Waals surface area contributed by atoms with Gasteiger partial charge in [-0.05, 0) is 42.7 Å². The predicted octanol–water partition coefficient (Wildman–Crippen LogP) is 4.71. The summed E-state index contributed by atoms with van der Waals surface area (Å²) in [6, 6.07) is 17.5. The molecule has 5 heteroatoms. The zero-order chi connectivity index (χ0) is 19.2. The van der Waals surface area contributed by atoms with Crippen LogP contribution >= 0.6 is 0 Å². The lowest BCUT2D eigenvalue weighted by Crippen LogP contribution is -2.16. The third kappa shape index (κ3) is 4.56. The van der Waals surface area contributed by atoms with E-state index in [2.05, 4.69) is 36.4 Å². The van der Waals surface area contributed by atoms with Crippen molar-refractivity contribution in [3.63, 3.8) is 0 Å². The average Bonchev–Trinajstić information content (AvgIpc) is 3.08. The Morgan fingerprint density at radius 3 is 2.44 bits per heavy atom. The van der Waals surface area contributed by atoms with Gasteiger partial charge in [0.25, 0.3) is 5.91 Å². The SMILES string of the molecule is CCOc1ccc(NC(=O)c2cnn(Cc3ccccc3)c2C(C)C)cc1. The molecule has 0 aliphatic rings. The van der Waals surface area contributed by atoms with Crippen LogP contribution in [0, 0.1) is 0 Å². The second-order valence-electron chi connectivity index (χ2n) is 6.65. The maximum absolute atomic E-state index is 12.8. The summed E-state index contributed by atoms with van der Waals surface area (Å²) in [5.74, 6) is 0.813. The minimum absolute atomic E-state index is 0.151. The zero-order valence-corrected chi connectivity index (χ0v) is 16.0. The number of nitrogens with zero attached hydrogens (tertiary/aromatic N) is 2. The minimum Gasteiger partial charge on any atom is -0.494 e. The summed E-state index contributed by atoms with van der Waals surface area (Å²) in [7, 11) is 0. The molecule has 0 radical (unpaired) electrons. The molecule has 0 saturated heterocycles. The molecule has 0 bridgehead atoms. The monoisotopic (exact) mass is 363 g/mol. The smallest absolute Gasteiger partial charge is 0.259 e. The van der Waals surface area contributed by atoms with Crippen molar-refractivity contribution in [3.05, 3.63) is 77.6 Å². The molecule has 0 spiro atoms. The van der Waals surface area contributed by atoms with Crippen molar-refractivity contribution in [1.29, 1.82) is 0 Å². The van der Waals surface area contributed by atoms with Gasteiger partial charge in [-0.3, -0.25) is 9.48 Å². The molecule has 0 unspecified atom stereocenters. The fourth-order valence-electron chi connectivity index (χ4n) is 3.06. The van der Waals surface area contributed by atoms with E-state index in [0.29, 0.717) is 18.7 Å². The summed E-state index contributed by atoms with van der Waals surface area (Å²) in [6.45, 7) is 7.35. The van der Waals surface area contributed by atoms with Gasteiger partial charge in [-0.25, -0.2) is 0 Å². The van der Waals surface area contributed by atoms with Crippen LogP contribution in [0.2, 0.25) is 0 Å². The first-order valence-electron chi connectivity index (χ1n) is 9.22. The molecular formula is C22H25N3O2. The Labute approximate surface area is 160 Å². The Bertz CT molecular complexity index is 884. The third-order valence-corrected chi connectivity index (χ3v) is 4.27. The quantitative estimate of drug-likeness (QED) is 0.662. The van der Waals surface area contributed by atoms with Gasteiger partial charge < -0.3 is 10.1 Å². The van der Waals surface area contributed by atoms with E-state index in [1.165, 1.54) is 0 Å². The molecule has 140 valence electrons. The van der Waals surface area contributed by atoms with Gasteiger partial charge in [0.05, 0.1) is 30.6 Å². The molecule has 5 nitrogen and oxygen atoms in total. The topological polar surface area (TPSA) is 56.1 Å². The van der Waals surface area contributed by atoms with Crippen LogP contribution in [0.3, 0.4) is 0 Å². The van der Waals surface area contributed by atoms with Crippen molar-refractivity contribution in [2.75, 3.05) is 11.9 Å². The number of aromatic nitrogens is 2. The molecule has 0 atom stereocenters. The lowest BCUT2D eigenvalue weighted by molar-refractivity contribution is 0.102. The second kappa shape index (κ2) is 8.54. The summed E-state index contributed by atoms with van der Waals surface area (Å²) in [5, 5.41) is 7.42. The third-order valence-electron chi connectivity index (χ3n) is 4.27. The highest BCUT2D eigenvalue weighted by molar-refractivity contribution is 6.05. The van der Waals surface area contributed by atoms with Crippen molar-refractivity contribution >= 4 is 11.6 Å². The lowest BCUT2D eigenvalue weighted by Gasteiger charge is -2.13. The number of carbonyl (C=O) groups excluding carboxylic acids is 1. The molecule has 0 fully saturated rings. The highest BCUT2D eigenvalue weighted by Crippen LogP contribution is 2.22. The van der Waals surface area contributed by atoms with Crippen LogP contribution < -0.4 is 10.1 Å². The van der Waals surface area contributed by atoms with Crippen molar-refractivity contribution in [3.8, 4) is 5.75 Å². The number of rotatable bonds is 7. The first-order chi connectivity index (χ1) is 13.1. The Morgan fingerprint density at radius 2 is 1.81 bits per heavy atom. The van der Waals surface area contributed by atoms with E-state index < -0.39 is 0 Å². The molecule has 2 aromatic carbocycles. The maximum atomic E-state index is 12.8. The van der Waals surface area contributed by atoms with Gasteiger partial charge in [0.2, 0.25) is 0 Å². The van der Waals surface area contributed by atoms with Crippen molar-refractivity contribution < 1.29 is 9.53 Å². The van der Waals surface area contributed by atoms with Gasteiger partial charge >= 0.3 is 0 Å². The van der Waals surface area contributed by atoms with Crippen LogP contribution in [-0.2, 0) is 6.54 Å². The highest BCUT2D eigenvalue weighted by Gasteiger charge is 2.20. The molecule has 27 heavy (non-hydrogen) atoms. The first-order valence-corrected chi connectivity index (χ1v) is 9.22. The predicted molar refractivity (Wildman–Crippen MR) is 107 cm³/mol. The van der Waals surface area contributed by atoms with Crippen LogP contribution in [0.15, 0.2) is 60.8 Å². The summed E-state index contributed by atoms with van der Waals surface area (Å²) < 4.78 is 7.34. The van der Waals surface area contributed by atoms with E-state index >= 15 is 0 Å². The fraction of sp³-hybridized carbons (Fsp3) is 0.273. The highest BCUT2D eigenvalue weighted by atomic mass is 16.5. The normalized spacial score (nSPS) is 10.8. The van der Waals surface area contributed by atoms with Gasteiger partial charge in [0.1, 0.15) is 5.75 Å². The summed E-state index contributed by atoms with van der Waals surface area (Å²) in [6.07, 6.45) is 1.65.